The first-order valence-corrected chi connectivity index (χ1v) is 8.28. The van der Waals surface area contributed by atoms with Crippen molar-refractivity contribution in [2.75, 3.05) is 18.6 Å². The van der Waals surface area contributed by atoms with Gasteiger partial charge < -0.3 is 5.32 Å². The first-order valence-electron chi connectivity index (χ1n) is 6.21. The topological polar surface area (TPSA) is 46.2 Å². The molecular formula is C13H18F3NO2S. The van der Waals surface area contributed by atoms with Crippen LogP contribution in [0.4, 0.5) is 13.2 Å². The van der Waals surface area contributed by atoms with Crippen LogP contribution in [0.1, 0.15) is 30.5 Å². The molecule has 0 spiro atoms. The number of nitrogens with one attached hydrogen (secondary N) is 1. The molecule has 0 aliphatic rings. The van der Waals surface area contributed by atoms with Gasteiger partial charge in [-0.3, -0.25) is 0 Å². The molecule has 1 atom stereocenters. The van der Waals surface area contributed by atoms with Crippen LogP contribution in [0, 0.1) is 0 Å². The summed E-state index contributed by atoms with van der Waals surface area (Å²) in [5, 5.41) is 3.04. The number of benzene rings is 1. The second-order valence-corrected chi connectivity index (χ2v) is 6.90. The van der Waals surface area contributed by atoms with Crippen LogP contribution >= 0.6 is 0 Å². The minimum Gasteiger partial charge on any atom is -0.309 e. The van der Waals surface area contributed by atoms with E-state index in [0.29, 0.717) is 12.1 Å². The van der Waals surface area contributed by atoms with Crippen molar-refractivity contribution in [1.29, 1.82) is 0 Å². The van der Waals surface area contributed by atoms with Crippen molar-refractivity contribution in [3.63, 3.8) is 0 Å². The summed E-state index contributed by atoms with van der Waals surface area (Å²) < 4.78 is 60.2. The third-order valence-corrected chi connectivity index (χ3v) is 3.69. The Balaban J connectivity index is 2.96. The quantitative estimate of drug-likeness (QED) is 0.879. The highest BCUT2D eigenvalue weighted by molar-refractivity contribution is 7.90. The first-order chi connectivity index (χ1) is 9.13. The van der Waals surface area contributed by atoms with E-state index in [1.54, 1.807) is 0 Å². The SMILES string of the molecule is CCCNC(CS(C)(=O)=O)c1ccc(C(F)(F)F)cc1. The lowest BCUT2D eigenvalue weighted by atomic mass is 10.1. The average molecular weight is 309 g/mol. The summed E-state index contributed by atoms with van der Waals surface area (Å²) >= 11 is 0. The van der Waals surface area contributed by atoms with Crippen LogP contribution in [0.3, 0.4) is 0 Å². The van der Waals surface area contributed by atoms with E-state index in [9.17, 15) is 21.6 Å². The second kappa shape index (κ2) is 6.58. The molecule has 0 aliphatic carbocycles. The number of sulfone groups is 1. The molecule has 0 bridgehead atoms. The second-order valence-electron chi connectivity index (χ2n) is 4.72. The van der Waals surface area contributed by atoms with E-state index >= 15 is 0 Å². The third-order valence-electron chi connectivity index (χ3n) is 2.75. The van der Waals surface area contributed by atoms with Crippen molar-refractivity contribution < 1.29 is 21.6 Å². The minimum absolute atomic E-state index is 0.141. The number of alkyl halides is 3. The largest absolute Gasteiger partial charge is 0.416 e. The molecule has 0 radical (unpaired) electrons. The van der Waals surface area contributed by atoms with E-state index in [1.807, 2.05) is 6.92 Å². The summed E-state index contributed by atoms with van der Waals surface area (Å²) in [6, 6.07) is 4.09. The molecule has 0 heterocycles. The lowest BCUT2D eigenvalue weighted by molar-refractivity contribution is -0.137. The molecule has 3 nitrogen and oxygen atoms in total. The predicted molar refractivity (Wildman–Crippen MR) is 72.2 cm³/mol. The zero-order valence-corrected chi connectivity index (χ0v) is 12.2. The van der Waals surface area contributed by atoms with Gasteiger partial charge in [-0.1, -0.05) is 19.1 Å². The summed E-state index contributed by atoms with van der Waals surface area (Å²) in [5.74, 6) is -0.141. The maximum absolute atomic E-state index is 12.5. The standard InChI is InChI=1S/C13H18F3NO2S/c1-3-8-17-12(9-20(2,18)19)10-4-6-11(7-5-10)13(14,15)16/h4-7,12,17H,3,8-9H2,1-2H3. The number of halogens is 3. The molecular weight excluding hydrogens is 291 g/mol. The van der Waals surface area contributed by atoms with Gasteiger partial charge in [0.2, 0.25) is 0 Å². The molecule has 1 rings (SSSR count). The van der Waals surface area contributed by atoms with E-state index in [2.05, 4.69) is 5.32 Å². The van der Waals surface area contributed by atoms with Crippen LogP contribution < -0.4 is 5.32 Å². The highest BCUT2D eigenvalue weighted by Gasteiger charge is 2.30. The molecule has 0 saturated carbocycles. The normalized spacial score (nSPS) is 14.2. The highest BCUT2D eigenvalue weighted by atomic mass is 32.2. The summed E-state index contributed by atoms with van der Waals surface area (Å²) in [6.07, 6.45) is -2.47. The van der Waals surface area contributed by atoms with E-state index < -0.39 is 27.6 Å². The lowest BCUT2D eigenvalue weighted by Gasteiger charge is -2.18. The summed E-state index contributed by atoms with van der Waals surface area (Å²) in [7, 11) is -3.23. The molecule has 0 aromatic heterocycles. The smallest absolute Gasteiger partial charge is 0.309 e. The molecule has 0 saturated heterocycles. The van der Waals surface area contributed by atoms with Crippen molar-refractivity contribution >= 4 is 9.84 Å². The molecule has 0 amide bonds. The number of rotatable bonds is 6. The fourth-order valence-electron chi connectivity index (χ4n) is 1.80. The number of hydrogen-bond donors (Lipinski definition) is 1. The summed E-state index contributed by atoms with van der Waals surface area (Å²) in [6.45, 7) is 2.53. The van der Waals surface area contributed by atoms with Crippen LogP contribution in [0.25, 0.3) is 0 Å². The maximum atomic E-state index is 12.5. The molecule has 1 unspecified atom stereocenters. The Morgan fingerprint density at radius 1 is 1.20 bits per heavy atom. The van der Waals surface area contributed by atoms with Gasteiger partial charge in [0.1, 0.15) is 9.84 Å². The van der Waals surface area contributed by atoms with Gasteiger partial charge in [-0.2, -0.15) is 13.2 Å². The van der Waals surface area contributed by atoms with Gasteiger partial charge in [0.25, 0.3) is 0 Å². The van der Waals surface area contributed by atoms with Crippen LogP contribution in [0.2, 0.25) is 0 Å². The maximum Gasteiger partial charge on any atom is 0.416 e. The Hall–Kier alpha value is -1.08. The Morgan fingerprint density at radius 2 is 1.75 bits per heavy atom. The zero-order valence-electron chi connectivity index (χ0n) is 11.4. The van der Waals surface area contributed by atoms with Gasteiger partial charge in [0.05, 0.1) is 11.3 Å². The highest BCUT2D eigenvalue weighted by Crippen LogP contribution is 2.30. The Labute approximate surface area is 117 Å². The fourth-order valence-corrected chi connectivity index (χ4v) is 2.71. The lowest BCUT2D eigenvalue weighted by Crippen LogP contribution is -2.28. The Bertz CT molecular complexity index is 524. The Morgan fingerprint density at radius 3 is 2.15 bits per heavy atom. The minimum atomic E-state index is -4.39. The van der Waals surface area contributed by atoms with Crippen LogP contribution in [0.15, 0.2) is 24.3 Å². The fraction of sp³-hybridized carbons (Fsp3) is 0.538. The molecule has 0 aliphatic heterocycles. The molecule has 1 N–H and O–H groups in total. The zero-order chi connectivity index (χ0) is 15.4. The molecule has 20 heavy (non-hydrogen) atoms. The third kappa shape index (κ3) is 5.50. The Kier molecular flexibility index (Phi) is 5.59. The van der Waals surface area contributed by atoms with Crippen molar-refractivity contribution in [3.8, 4) is 0 Å². The first kappa shape index (κ1) is 17.0. The van der Waals surface area contributed by atoms with Gasteiger partial charge in [-0.15, -0.1) is 0 Å². The average Bonchev–Trinajstić information content (AvgIpc) is 2.32. The van der Waals surface area contributed by atoms with Crippen molar-refractivity contribution in [2.24, 2.45) is 0 Å². The van der Waals surface area contributed by atoms with E-state index in [0.717, 1.165) is 24.8 Å². The van der Waals surface area contributed by atoms with E-state index in [4.69, 9.17) is 0 Å². The van der Waals surface area contributed by atoms with E-state index in [1.165, 1.54) is 12.1 Å². The predicted octanol–water partition coefficient (Wildman–Crippen LogP) is 2.79. The molecule has 0 fully saturated rings. The van der Waals surface area contributed by atoms with Crippen molar-refractivity contribution in [2.45, 2.75) is 25.6 Å². The van der Waals surface area contributed by atoms with Gasteiger partial charge in [-0.05, 0) is 30.7 Å². The summed E-state index contributed by atoms with van der Waals surface area (Å²) in [4.78, 5) is 0. The van der Waals surface area contributed by atoms with Gasteiger partial charge in [0.15, 0.2) is 0 Å². The molecule has 1 aromatic rings. The van der Waals surface area contributed by atoms with Gasteiger partial charge in [0, 0.05) is 12.3 Å². The van der Waals surface area contributed by atoms with Crippen molar-refractivity contribution in [3.05, 3.63) is 35.4 Å². The van der Waals surface area contributed by atoms with Crippen molar-refractivity contribution in [1.82, 2.24) is 5.32 Å². The molecule has 114 valence electrons. The monoisotopic (exact) mass is 309 g/mol. The molecule has 7 heteroatoms. The number of hydrogen-bond acceptors (Lipinski definition) is 3. The van der Waals surface area contributed by atoms with E-state index in [-0.39, 0.29) is 5.75 Å². The van der Waals surface area contributed by atoms with Gasteiger partial charge >= 0.3 is 6.18 Å². The van der Waals surface area contributed by atoms with Crippen LogP contribution in [0.5, 0.6) is 0 Å². The van der Waals surface area contributed by atoms with Crippen LogP contribution in [-0.4, -0.2) is 27.0 Å². The molecule has 1 aromatic carbocycles. The van der Waals surface area contributed by atoms with Crippen LogP contribution in [-0.2, 0) is 16.0 Å². The summed E-state index contributed by atoms with van der Waals surface area (Å²) in [5.41, 5.74) is -0.202. The van der Waals surface area contributed by atoms with Gasteiger partial charge in [-0.25, -0.2) is 8.42 Å².